The van der Waals surface area contributed by atoms with E-state index in [9.17, 15) is 4.57 Å². The van der Waals surface area contributed by atoms with E-state index in [1.807, 2.05) is 0 Å². The number of alkyl halides is 2. The Hall–Kier alpha value is 0.690. The molecule has 0 amide bonds. The van der Waals surface area contributed by atoms with Gasteiger partial charge in [-0.1, -0.05) is 103 Å². The van der Waals surface area contributed by atoms with Gasteiger partial charge in [-0.05, 0) is 6.42 Å². The third-order valence-corrected chi connectivity index (χ3v) is 7.30. The van der Waals surface area contributed by atoms with Crippen LogP contribution in [-0.4, -0.2) is 31.5 Å². The van der Waals surface area contributed by atoms with Crippen LogP contribution in [0.2, 0.25) is 0 Å². The summed E-state index contributed by atoms with van der Waals surface area (Å²) in [7, 11) is -3.01. The minimum Gasteiger partial charge on any atom is -0.306 e. The smallest absolute Gasteiger partial charge is 0.306 e. The molecule has 176 valence electrons. The SMILES string of the molecule is CCCCCCCCCCCCCCCCCCOP(=O)(NCCCl)NCCCl. The molecule has 0 atom stereocenters. The molecule has 0 heterocycles. The van der Waals surface area contributed by atoms with Crippen LogP contribution < -0.4 is 10.2 Å². The van der Waals surface area contributed by atoms with Crippen LogP contribution >= 0.6 is 30.9 Å². The van der Waals surface area contributed by atoms with Crippen molar-refractivity contribution < 1.29 is 9.09 Å². The third kappa shape index (κ3) is 21.7. The van der Waals surface area contributed by atoms with E-state index in [2.05, 4.69) is 17.1 Å². The van der Waals surface area contributed by atoms with Crippen LogP contribution in [0.1, 0.15) is 110 Å². The molecule has 29 heavy (non-hydrogen) atoms. The third-order valence-electron chi connectivity index (χ3n) is 5.10. The first kappa shape index (κ1) is 29.7. The standard InChI is InChI=1S/C22H47Cl2N2O2P/c1-2-3-4-5-6-7-8-9-10-11-12-13-14-15-16-17-22-28-29(27,25-20-18-23)26-21-19-24/h2-22H2,1H3,(H2,25,26,27). The predicted octanol–water partition coefficient (Wildman–Crippen LogP) is 8.03. The Morgan fingerprint density at radius 3 is 1.31 bits per heavy atom. The van der Waals surface area contributed by atoms with E-state index in [0.717, 1.165) is 12.8 Å². The first-order valence-corrected chi connectivity index (χ1v) is 14.7. The quantitative estimate of drug-likeness (QED) is 0.0846. The van der Waals surface area contributed by atoms with Gasteiger partial charge in [0.15, 0.2) is 0 Å². The second kappa shape index (κ2) is 23.4. The summed E-state index contributed by atoms with van der Waals surface area (Å²) in [5, 5.41) is 5.73. The van der Waals surface area contributed by atoms with Crippen molar-refractivity contribution in [1.82, 2.24) is 10.2 Å². The molecule has 0 fully saturated rings. The summed E-state index contributed by atoms with van der Waals surface area (Å²) < 4.78 is 18.1. The first-order valence-electron chi connectivity index (χ1n) is 12.0. The van der Waals surface area contributed by atoms with Crippen LogP contribution in [0.3, 0.4) is 0 Å². The van der Waals surface area contributed by atoms with Crippen LogP contribution in [-0.2, 0) is 9.09 Å². The Morgan fingerprint density at radius 1 is 0.621 bits per heavy atom. The van der Waals surface area contributed by atoms with E-state index in [0.29, 0.717) is 31.5 Å². The Bertz CT molecular complexity index is 365. The maximum absolute atomic E-state index is 12.5. The fraction of sp³-hybridized carbons (Fsp3) is 1.00. The van der Waals surface area contributed by atoms with Crippen molar-refractivity contribution in [2.75, 3.05) is 31.5 Å². The van der Waals surface area contributed by atoms with Gasteiger partial charge < -0.3 is 4.52 Å². The lowest BCUT2D eigenvalue weighted by Gasteiger charge is -2.19. The summed E-state index contributed by atoms with van der Waals surface area (Å²) in [5.41, 5.74) is 0. The highest BCUT2D eigenvalue weighted by Gasteiger charge is 2.20. The van der Waals surface area contributed by atoms with Crippen molar-refractivity contribution in [2.24, 2.45) is 0 Å². The second-order valence-electron chi connectivity index (χ2n) is 7.88. The summed E-state index contributed by atoms with van der Waals surface area (Å²) in [6, 6.07) is 0. The lowest BCUT2D eigenvalue weighted by Crippen LogP contribution is -2.27. The Morgan fingerprint density at radius 2 is 0.966 bits per heavy atom. The van der Waals surface area contributed by atoms with Gasteiger partial charge in [-0.15, -0.1) is 23.2 Å². The highest BCUT2D eigenvalue weighted by atomic mass is 35.5. The molecule has 0 unspecified atom stereocenters. The number of nitrogens with one attached hydrogen (secondary N) is 2. The molecule has 0 spiro atoms. The molecule has 4 nitrogen and oxygen atoms in total. The zero-order valence-corrected chi connectivity index (χ0v) is 21.3. The summed E-state index contributed by atoms with van der Waals surface area (Å²) in [6.07, 6.45) is 21.4. The number of hydrogen-bond acceptors (Lipinski definition) is 2. The number of hydrogen-bond donors (Lipinski definition) is 2. The molecule has 0 aliphatic heterocycles. The van der Waals surface area contributed by atoms with Crippen molar-refractivity contribution in [3.05, 3.63) is 0 Å². The monoisotopic (exact) mass is 472 g/mol. The van der Waals surface area contributed by atoms with Gasteiger partial charge in [-0.2, -0.15) is 0 Å². The molecule has 0 aromatic heterocycles. The zero-order valence-electron chi connectivity index (χ0n) is 18.9. The van der Waals surface area contributed by atoms with Crippen LogP contribution in [0.15, 0.2) is 0 Å². The number of halogens is 2. The minimum atomic E-state index is -3.01. The molecule has 0 aromatic rings. The average molecular weight is 474 g/mol. The summed E-state index contributed by atoms with van der Waals surface area (Å²) in [6.45, 7) is 3.68. The maximum atomic E-state index is 12.5. The van der Waals surface area contributed by atoms with Crippen LogP contribution in [0.5, 0.6) is 0 Å². The average Bonchev–Trinajstić information content (AvgIpc) is 2.73. The van der Waals surface area contributed by atoms with Gasteiger partial charge in [0.2, 0.25) is 0 Å². The fourth-order valence-corrected chi connectivity index (χ4v) is 5.31. The predicted molar refractivity (Wildman–Crippen MR) is 131 cm³/mol. The molecule has 0 aromatic carbocycles. The van der Waals surface area contributed by atoms with Gasteiger partial charge >= 0.3 is 7.67 Å². The lowest BCUT2D eigenvalue weighted by molar-refractivity contribution is 0.288. The van der Waals surface area contributed by atoms with Crippen LogP contribution in [0.4, 0.5) is 0 Å². The van der Waals surface area contributed by atoms with Crippen molar-refractivity contribution in [3.8, 4) is 0 Å². The molecule has 0 saturated heterocycles. The van der Waals surface area contributed by atoms with Crippen molar-refractivity contribution in [3.63, 3.8) is 0 Å². The van der Waals surface area contributed by atoms with E-state index < -0.39 is 7.67 Å². The normalized spacial score (nSPS) is 12.0. The molecule has 0 bridgehead atoms. The van der Waals surface area contributed by atoms with Crippen molar-refractivity contribution in [2.45, 2.75) is 110 Å². The Balaban J connectivity index is 3.38. The molecular weight excluding hydrogens is 426 g/mol. The minimum absolute atomic E-state index is 0.398. The first-order chi connectivity index (χ1) is 14.2. The second-order valence-corrected chi connectivity index (χ2v) is 10.6. The molecule has 7 heteroatoms. The van der Waals surface area contributed by atoms with Crippen molar-refractivity contribution >= 4 is 30.9 Å². The molecular formula is C22H47Cl2N2O2P. The summed E-state index contributed by atoms with van der Waals surface area (Å²) in [4.78, 5) is 0. The molecule has 0 aliphatic rings. The van der Waals surface area contributed by atoms with Crippen LogP contribution in [0, 0.1) is 0 Å². The molecule has 0 saturated carbocycles. The summed E-state index contributed by atoms with van der Waals surface area (Å²) >= 11 is 11.3. The topological polar surface area (TPSA) is 50.4 Å². The van der Waals surface area contributed by atoms with E-state index in [-0.39, 0.29) is 0 Å². The molecule has 2 N–H and O–H groups in total. The Kier molecular flexibility index (Phi) is 23.9. The van der Waals surface area contributed by atoms with Gasteiger partial charge in [0.25, 0.3) is 0 Å². The van der Waals surface area contributed by atoms with Gasteiger partial charge in [0.05, 0.1) is 6.61 Å². The van der Waals surface area contributed by atoms with Gasteiger partial charge in [0.1, 0.15) is 0 Å². The largest absolute Gasteiger partial charge is 0.340 e. The van der Waals surface area contributed by atoms with Crippen molar-refractivity contribution in [1.29, 1.82) is 0 Å². The zero-order chi connectivity index (χ0) is 21.5. The molecule has 0 aliphatic carbocycles. The Labute approximate surface area is 191 Å². The maximum Gasteiger partial charge on any atom is 0.340 e. The van der Waals surface area contributed by atoms with Gasteiger partial charge in [-0.25, -0.2) is 10.2 Å². The summed E-state index contributed by atoms with van der Waals surface area (Å²) in [5.74, 6) is 0.796. The molecule has 0 rings (SSSR count). The van der Waals surface area contributed by atoms with E-state index in [1.54, 1.807) is 0 Å². The van der Waals surface area contributed by atoms with E-state index >= 15 is 0 Å². The number of unbranched alkanes of at least 4 members (excludes halogenated alkanes) is 15. The van der Waals surface area contributed by atoms with Gasteiger partial charge in [-0.3, -0.25) is 4.57 Å². The van der Waals surface area contributed by atoms with E-state index in [4.69, 9.17) is 27.7 Å². The van der Waals surface area contributed by atoms with E-state index in [1.165, 1.54) is 89.9 Å². The number of rotatable bonds is 24. The van der Waals surface area contributed by atoms with Gasteiger partial charge in [0, 0.05) is 24.8 Å². The lowest BCUT2D eigenvalue weighted by atomic mass is 10.0. The van der Waals surface area contributed by atoms with Crippen LogP contribution in [0.25, 0.3) is 0 Å². The fourth-order valence-electron chi connectivity index (χ4n) is 3.37. The highest BCUT2D eigenvalue weighted by Crippen LogP contribution is 2.37. The molecule has 0 radical (unpaired) electrons. The highest BCUT2D eigenvalue weighted by molar-refractivity contribution is 7.54.